The molecule has 0 unspecified atom stereocenters. The van der Waals surface area contributed by atoms with E-state index in [4.69, 9.17) is 15.2 Å². The number of hydrogen-bond acceptors (Lipinski definition) is 7. The summed E-state index contributed by atoms with van der Waals surface area (Å²) in [4.78, 5) is 31.9. The van der Waals surface area contributed by atoms with Crippen molar-refractivity contribution < 1.29 is 14.1 Å². The van der Waals surface area contributed by atoms with Gasteiger partial charge in [0.05, 0.1) is 10.9 Å². The van der Waals surface area contributed by atoms with Gasteiger partial charge in [0.1, 0.15) is 11.1 Å². The van der Waals surface area contributed by atoms with Gasteiger partial charge in [0.15, 0.2) is 5.69 Å². The van der Waals surface area contributed by atoms with Gasteiger partial charge in [-0.2, -0.15) is 0 Å². The van der Waals surface area contributed by atoms with E-state index in [1.807, 2.05) is 12.1 Å². The highest BCUT2D eigenvalue weighted by Gasteiger charge is 2.30. The maximum absolute atomic E-state index is 13.2. The Kier molecular flexibility index (Phi) is 6.83. The highest BCUT2D eigenvalue weighted by molar-refractivity contribution is 7.20. The zero-order valence-electron chi connectivity index (χ0n) is 21.2. The molecule has 1 aliphatic carbocycles. The summed E-state index contributed by atoms with van der Waals surface area (Å²) < 4.78 is 4.73. The van der Waals surface area contributed by atoms with Gasteiger partial charge in [0.25, 0.3) is 11.8 Å². The number of carbonyl (C=O) groups excluding carboxylic acids is 2. The predicted molar refractivity (Wildman–Crippen MR) is 145 cm³/mol. The van der Waals surface area contributed by atoms with Crippen LogP contribution in [0.2, 0.25) is 0 Å². The van der Waals surface area contributed by atoms with Crippen molar-refractivity contribution in [2.45, 2.75) is 46.1 Å². The Labute approximate surface area is 219 Å². The molecule has 5 rings (SSSR count). The number of amides is 2. The molecule has 4 N–H and O–H groups in total. The second-order valence-corrected chi connectivity index (χ2v) is 11.7. The molecule has 0 spiro atoms. The number of carbonyl (C=O) groups is 2. The van der Waals surface area contributed by atoms with E-state index in [0.717, 1.165) is 40.7 Å². The summed E-state index contributed by atoms with van der Waals surface area (Å²) in [6.07, 6.45) is 4.49. The number of nitrogens with two attached hydrogens (primary N) is 1. The molecule has 3 heterocycles. The van der Waals surface area contributed by atoms with Crippen molar-refractivity contribution in [3.8, 4) is 0 Å². The van der Waals surface area contributed by atoms with Gasteiger partial charge in [0.2, 0.25) is 0 Å². The van der Waals surface area contributed by atoms with Crippen LogP contribution in [0.3, 0.4) is 0 Å². The molecule has 0 saturated heterocycles. The standard InChI is InChI=1S/C28H31N5O3S/c1-28(2,3)19-7-8-21-17(12-19)11-18-14-24(37-27(18)32-21)26(35)31-23(15-29)16-5-4-6-20(13-16)30-25(34)22-9-10-36-33-22/h4-6,9-11,13-14,19,23H,7-8,12,15,29H2,1-3H3,(H,30,34)(H,31,35)/t19-,23-/m1/s1. The molecular formula is C28H31N5O3S. The van der Waals surface area contributed by atoms with Gasteiger partial charge in [-0.15, -0.1) is 11.3 Å². The lowest BCUT2D eigenvalue weighted by molar-refractivity contribution is 0.0941. The SMILES string of the molecule is CC(C)(C)[C@@H]1CCc2nc3sc(C(=O)N[C@H](CN)c4cccc(NC(=O)c5ccon5)c4)cc3cc2C1. The average molecular weight is 518 g/mol. The van der Waals surface area contributed by atoms with Gasteiger partial charge < -0.3 is 20.9 Å². The monoisotopic (exact) mass is 517 g/mol. The van der Waals surface area contributed by atoms with Crippen LogP contribution < -0.4 is 16.4 Å². The van der Waals surface area contributed by atoms with Crippen molar-refractivity contribution in [3.05, 3.63) is 76.1 Å². The van der Waals surface area contributed by atoms with E-state index in [1.54, 1.807) is 18.2 Å². The van der Waals surface area contributed by atoms with Crippen LogP contribution in [0.5, 0.6) is 0 Å². The molecule has 9 heteroatoms. The lowest BCUT2D eigenvalue weighted by Crippen LogP contribution is -2.33. The lowest BCUT2D eigenvalue weighted by Gasteiger charge is -2.34. The molecule has 2 atom stereocenters. The third-order valence-corrected chi connectivity index (χ3v) is 8.12. The molecule has 4 aromatic rings. The zero-order valence-corrected chi connectivity index (χ0v) is 22.0. The van der Waals surface area contributed by atoms with Gasteiger partial charge in [-0.3, -0.25) is 9.59 Å². The number of nitrogens with one attached hydrogen (secondary N) is 2. The number of fused-ring (bicyclic) bond motifs is 2. The van der Waals surface area contributed by atoms with Gasteiger partial charge >= 0.3 is 0 Å². The quantitative estimate of drug-likeness (QED) is 0.326. The maximum atomic E-state index is 13.2. The fourth-order valence-electron chi connectivity index (χ4n) is 4.84. The third-order valence-electron chi connectivity index (χ3n) is 7.08. The van der Waals surface area contributed by atoms with Crippen molar-refractivity contribution >= 4 is 39.1 Å². The van der Waals surface area contributed by atoms with E-state index in [0.29, 0.717) is 16.5 Å². The Hall–Kier alpha value is -3.56. The van der Waals surface area contributed by atoms with E-state index >= 15 is 0 Å². The summed E-state index contributed by atoms with van der Waals surface area (Å²) in [5.74, 6) is 0.0528. The first-order valence-electron chi connectivity index (χ1n) is 12.5. The van der Waals surface area contributed by atoms with Crippen LogP contribution in [0.15, 0.2) is 53.3 Å². The second-order valence-electron chi connectivity index (χ2n) is 10.6. The zero-order chi connectivity index (χ0) is 26.2. The minimum Gasteiger partial charge on any atom is -0.364 e. The summed E-state index contributed by atoms with van der Waals surface area (Å²) >= 11 is 1.41. The molecule has 37 heavy (non-hydrogen) atoms. The first kappa shape index (κ1) is 25.1. The Bertz CT molecular complexity index is 1440. The fraction of sp³-hybridized carbons (Fsp3) is 0.357. The van der Waals surface area contributed by atoms with Gasteiger partial charge in [-0.25, -0.2) is 4.98 Å². The highest BCUT2D eigenvalue weighted by Crippen LogP contribution is 2.38. The summed E-state index contributed by atoms with van der Waals surface area (Å²) in [6, 6.07) is 12.4. The molecule has 0 aliphatic heterocycles. The number of benzene rings is 1. The first-order chi connectivity index (χ1) is 17.7. The van der Waals surface area contributed by atoms with Crippen LogP contribution in [0.1, 0.15) is 70.2 Å². The molecule has 1 aliphatic rings. The Morgan fingerprint density at radius 1 is 1.19 bits per heavy atom. The number of thiophene rings is 1. The Morgan fingerprint density at radius 2 is 2.03 bits per heavy atom. The molecule has 8 nitrogen and oxygen atoms in total. The van der Waals surface area contributed by atoms with Gasteiger partial charge in [-0.1, -0.05) is 38.1 Å². The van der Waals surface area contributed by atoms with Crippen LogP contribution >= 0.6 is 11.3 Å². The number of pyridine rings is 1. The number of rotatable bonds is 6. The molecule has 192 valence electrons. The minimum absolute atomic E-state index is 0.183. The highest BCUT2D eigenvalue weighted by atomic mass is 32.1. The smallest absolute Gasteiger partial charge is 0.277 e. The fourth-order valence-corrected chi connectivity index (χ4v) is 5.78. The largest absolute Gasteiger partial charge is 0.364 e. The topological polar surface area (TPSA) is 123 Å². The third kappa shape index (κ3) is 5.42. The summed E-state index contributed by atoms with van der Waals surface area (Å²) in [5, 5.41) is 10.5. The van der Waals surface area contributed by atoms with E-state index in [-0.39, 0.29) is 29.5 Å². The lowest BCUT2D eigenvalue weighted by atomic mass is 9.71. The van der Waals surface area contributed by atoms with Crippen LogP contribution in [0.25, 0.3) is 10.2 Å². The van der Waals surface area contributed by atoms with Crippen LogP contribution in [-0.2, 0) is 12.8 Å². The molecule has 0 radical (unpaired) electrons. The van der Waals surface area contributed by atoms with Crippen molar-refractivity contribution in [1.82, 2.24) is 15.5 Å². The average Bonchev–Trinajstić information content (AvgIpc) is 3.55. The maximum Gasteiger partial charge on any atom is 0.277 e. The molecular weight excluding hydrogens is 486 g/mol. The van der Waals surface area contributed by atoms with E-state index in [1.165, 1.54) is 29.2 Å². The van der Waals surface area contributed by atoms with Crippen LogP contribution in [-0.4, -0.2) is 28.5 Å². The van der Waals surface area contributed by atoms with Crippen LogP contribution in [0, 0.1) is 11.3 Å². The van der Waals surface area contributed by atoms with Gasteiger partial charge in [-0.05, 0) is 66.0 Å². The Balaban J connectivity index is 1.31. The number of hydrogen-bond donors (Lipinski definition) is 3. The van der Waals surface area contributed by atoms with Crippen molar-refractivity contribution in [3.63, 3.8) is 0 Å². The van der Waals surface area contributed by atoms with Crippen molar-refractivity contribution in [2.24, 2.45) is 17.1 Å². The molecule has 0 fully saturated rings. The van der Waals surface area contributed by atoms with E-state index in [2.05, 4.69) is 42.6 Å². The van der Waals surface area contributed by atoms with Crippen molar-refractivity contribution in [1.29, 1.82) is 0 Å². The number of aryl methyl sites for hydroxylation is 1. The number of aromatic nitrogens is 2. The van der Waals surface area contributed by atoms with Crippen LogP contribution in [0.4, 0.5) is 5.69 Å². The minimum atomic E-state index is -0.421. The molecule has 0 saturated carbocycles. The Morgan fingerprint density at radius 3 is 2.76 bits per heavy atom. The molecule has 1 aromatic carbocycles. The second kappa shape index (κ2) is 10.1. The summed E-state index contributed by atoms with van der Waals surface area (Å²) in [6.45, 7) is 7.11. The molecule has 3 aromatic heterocycles. The van der Waals surface area contributed by atoms with Gasteiger partial charge in [0, 0.05) is 29.4 Å². The molecule has 2 amide bonds. The number of nitrogens with zero attached hydrogens (tertiary/aromatic N) is 2. The summed E-state index contributed by atoms with van der Waals surface area (Å²) in [5.41, 5.74) is 10.3. The number of anilines is 1. The first-order valence-corrected chi connectivity index (χ1v) is 13.3. The predicted octanol–water partition coefficient (Wildman–Crippen LogP) is 5.12. The normalized spacial score (nSPS) is 16.3. The molecule has 0 bridgehead atoms. The van der Waals surface area contributed by atoms with E-state index in [9.17, 15) is 9.59 Å². The summed E-state index contributed by atoms with van der Waals surface area (Å²) in [7, 11) is 0. The van der Waals surface area contributed by atoms with Crippen molar-refractivity contribution in [2.75, 3.05) is 11.9 Å². The van der Waals surface area contributed by atoms with E-state index < -0.39 is 6.04 Å².